The molecule has 5 rings (SSSR count). The highest BCUT2D eigenvalue weighted by atomic mass is 79.9. The quantitative estimate of drug-likeness (QED) is 0.200. The first kappa shape index (κ1) is 28.9. The minimum Gasteiger partial charge on any atom is -0.450 e. The van der Waals surface area contributed by atoms with Crippen molar-refractivity contribution in [1.29, 1.82) is 0 Å². The Hall–Kier alpha value is -3.65. The van der Waals surface area contributed by atoms with Gasteiger partial charge in [-0.3, -0.25) is 4.79 Å². The number of hydrogen-bond acceptors (Lipinski definition) is 8. The standard InChI is InChI=1S/C28H26BrN5O5S2/c1-2-39-28(36)32-14-16-33(17-15-32)41(37,38)23-11-8-21(9-12-23)26(35)34(30-19-20-6-4-3-5-7-20)27-31-24-13-10-22(29)18-25(24)40-27/h3-13,18-19H,2,14-17H2,1H3/b30-19+. The van der Waals surface area contributed by atoms with Crippen LogP contribution in [-0.2, 0) is 14.8 Å². The molecule has 0 aliphatic carbocycles. The number of anilines is 1. The number of carbonyl (C=O) groups is 2. The number of benzene rings is 3. The zero-order valence-corrected chi connectivity index (χ0v) is 25.2. The van der Waals surface area contributed by atoms with Gasteiger partial charge in [0.1, 0.15) is 0 Å². The van der Waals surface area contributed by atoms with Crippen molar-refractivity contribution in [1.82, 2.24) is 14.2 Å². The van der Waals surface area contributed by atoms with Crippen LogP contribution < -0.4 is 5.01 Å². The van der Waals surface area contributed by atoms with Crippen LogP contribution in [0.5, 0.6) is 0 Å². The lowest BCUT2D eigenvalue weighted by molar-refractivity contribution is 0.0933. The topological polar surface area (TPSA) is 112 Å². The SMILES string of the molecule is CCOC(=O)N1CCN(S(=O)(=O)c2ccc(C(=O)N(/N=C/c3ccccc3)c3nc4ccc(Br)cc4s3)cc2)CC1. The second kappa shape index (κ2) is 12.5. The number of amides is 2. The molecular formula is C28H26BrN5O5S2. The molecular weight excluding hydrogens is 630 g/mol. The Morgan fingerprint density at radius 3 is 2.44 bits per heavy atom. The van der Waals surface area contributed by atoms with E-state index in [1.807, 2.05) is 48.5 Å². The van der Waals surface area contributed by atoms with Gasteiger partial charge in [0.2, 0.25) is 15.2 Å². The first-order chi connectivity index (χ1) is 19.8. The van der Waals surface area contributed by atoms with Crippen LogP contribution in [0.3, 0.4) is 0 Å². The molecule has 212 valence electrons. The fourth-order valence-electron chi connectivity index (χ4n) is 4.20. The average molecular weight is 657 g/mol. The fraction of sp³-hybridized carbons (Fsp3) is 0.214. The van der Waals surface area contributed by atoms with Crippen molar-refractivity contribution >= 4 is 70.9 Å². The van der Waals surface area contributed by atoms with Gasteiger partial charge in [0.15, 0.2) is 0 Å². The third-order valence-corrected chi connectivity index (χ3v) is 9.74. The van der Waals surface area contributed by atoms with E-state index in [-0.39, 0.29) is 43.2 Å². The lowest BCUT2D eigenvalue weighted by atomic mass is 10.2. The number of piperazine rings is 1. The van der Waals surface area contributed by atoms with Gasteiger partial charge < -0.3 is 9.64 Å². The van der Waals surface area contributed by atoms with Crippen LogP contribution in [0, 0.1) is 0 Å². The lowest BCUT2D eigenvalue weighted by Gasteiger charge is -2.33. The number of hydrogen-bond donors (Lipinski definition) is 0. The van der Waals surface area contributed by atoms with Crippen LogP contribution in [-0.4, -0.2) is 73.6 Å². The maximum Gasteiger partial charge on any atom is 0.409 e. The fourth-order valence-corrected chi connectivity index (χ4v) is 7.09. The summed E-state index contributed by atoms with van der Waals surface area (Å²) in [7, 11) is -3.82. The smallest absolute Gasteiger partial charge is 0.409 e. The average Bonchev–Trinajstić information content (AvgIpc) is 3.40. The Morgan fingerprint density at radius 2 is 1.76 bits per heavy atom. The van der Waals surface area contributed by atoms with Gasteiger partial charge in [0.25, 0.3) is 5.91 Å². The zero-order valence-electron chi connectivity index (χ0n) is 22.0. The number of carbonyl (C=O) groups excluding carboxylic acids is 2. The first-order valence-electron chi connectivity index (χ1n) is 12.8. The van der Waals surface area contributed by atoms with Gasteiger partial charge in [-0.25, -0.2) is 18.2 Å². The summed E-state index contributed by atoms with van der Waals surface area (Å²) in [6, 6.07) is 20.8. The Kier molecular flexibility index (Phi) is 8.78. The van der Waals surface area contributed by atoms with Gasteiger partial charge in [0, 0.05) is 36.2 Å². The summed E-state index contributed by atoms with van der Waals surface area (Å²) in [4.78, 5) is 31.8. The summed E-state index contributed by atoms with van der Waals surface area (Å²) in [5.74, 6) is -0.456. The van der Waals surface area contributed by atoms with E-state index in [4.69, 9.17) is 4.74 Å². The summed E-state index contributed by atoms with van der Waals surface area (Å²) in [5, 5.41) is 6.07. The molecule has 1 aliphatic heterocycles. The van der Waals surface area contributed by atoms with Gasteiger partial charge in [-0.05, 0) is 55.0 Å². The maximum absolute atomic E-state index is 13.7. The molecule has 2 heterocycles. The van der Waals surface area contributed by atoms with Gasteiger partial charge in [-0.1, -0.05) is 57.6 Å². The summed E-state index contributed by atoms with van der Waals surface area (Å²) in [5.41, 5.74) is 1.78. The minimum absolute atomic E-state index is 0.0582. The van der Waals surface area contributed by atoms with Crippen molar-refractivity contribution in [3.63, 3.8) is 0 Å². The van der Waals surface area contributed by atoms with E-state index in [1.165, 1.54) is 49.8 Å². The highest BCUT2D eigenvalue weighted by Gasteiger charge is 2.31. The van der Waals surface area contributed by atoms with Crippen molar-refractivity contribution < 1.29 is 22.7 Å². The van der Waals surface area contributed by atoms with Crippen LogP contribution in [0.2, 0.25) is 0 Å². The summed E-state index contributed by atoms with van der Waals surface area (Å²) in [6.07, 6.45) is 1.13. The highest BCUT2D eigenvalue weighted by Crippen LogP contribution is 2.32. The predicted molar refractivity (Wildman–Crippen MR) is 162 cm³/mol. The molecule has 0 spiro atoms. The second-order valence-electron chi connectivity index (χ2n) is 9.00. The highest BCUT2D eigenvalue weighted by molar-refractivity contribution is 9.10. The van der Waals surface area contributed by atoms with Crippen LogP contribution in [0.4, 0.5) is 9.93 Å². The predicted octanol–water partition coefficient (Wildman–Crippen LogP) is 5.20. The molecule has 41 heavy (non-hydrogen) atoms. The number of rotatable bonds is 7. The molecule has 1 saturated heterocycles. The van der Waals surface area contributed by atoms with Crippen molar-refractivity contribution in [2.75, 3.05) is 37.8 Å². The van der Waals surface area contributed by atoms with E-state index >= 15 is 0 Å². The molecule has 0 saturated carbocycles. The molecule has 1 aromatic heterocycles. The van der Waals surface area contributed by atoms with Crippen LogP contribution in [0.15, 0.2) is 87.3 Å². The van der Waals surface area contributed by atoms with Crippen molar-refractivity contribution in [3.8, 4) is 0 Å². The molecule has 2 amide bonds. The second-order valence-corrected chi connectivity index (χ2v) is 12.9. The summed E-state index contributed by atoms with van der Waals surface area (Å²) >= 11 is 4.79. The lowest BCUT2D eigenvalue weighted by Crippen LogP contribution is -2.50. The number of hydrazone groups is 1. The first-order valence-corrected chi connectivity index (χ1v) is 15.8. The maximum atomic E-state index is 13.7. The molecule has 13 heteroatoms. The Labute approximate surface area is 250 Å². The molecule has 3 aromatic carbocycles. The number of halogens is 1. The Bertz CT molecular complexity index is 1690. The van der Waals surface area contributed by atoms with Crippen LogP contribution in [0.1, 0.15) is 22.8 Å². The van der Waals surface area contributed by atoms with Gasteiger partial charge in [0.05, 0.1) is 27.9 Å². The molecule has 0 radical (unpaired) electrons. The molecule has 0 atom stereocenters. The minimum atomic E-state index is -3.82. The molecule has 4 aromatic rings. The number of thiazole rings is 1. The van der Waals surface area contributed by atoms with Gasteiger partial charge in [-0.15, -0.1) is 0 Å². The summed E-state index contributed by atoms with van der Waals surface area (Å²) in [6.45, 7) is 2.76. The molecule has 1 aliphatic rings. The number of aromatic nitrogens is 1. The Morgan fingerprint density at radius 1 is 1.05 bits per heavy atom. The van der Waals surface area contributed by atoms with E-state index in [0.29, 0.717) is 5.13 Å². The monoisotopic (exact) mass is 655 g/mol. The van der Waals surface area contributed by atoms with Crippen molar-refractivity contribution in [3.05, 3.63) is 88.4 Å². The normalized spacial score (nSPS) is 14.4. The third-order valence-electron chi connectivity index (χ3n) is 6.34. The van der Waals surface area contributed by atoms with Crippen molar-refractivity contribution in [2.45, 2.75) is 11.8 Å². The third kappa shape index (κ3) is 6.48. The summed E-state index contributed by atoms with van der Waals surface area (Å²) < 4.78 is 34.7. The van der Waals surface area contributed by atoms with E-state index in [1.54, 1.807) is 13.1 Å². The van der Waals surface area contributed by atoms with Gasteiger partial charge in [-0.2, -0.15) is 14.4 Å². The molecule has 1 fully saturated rings. The largest absolute Gasteiger partial charge is 0.450 e. The van der Waals surface area contributed by atoms with E-state index in [2.05, 4.69) is 26.0 Å². The van der Waals surface area contributed by atoms with E-state index in [0.717, 1.165) is 20.3 Å². The van der Waals surface area contributed by atoms with E-state index < -0.39 is 22.0 Å². The van der Waals surface area contributed by atoms with Crippen LogP contribution in [0.25, 0.3) is 10.2 Å². The van der Waals surface area contributed by atoms with Crippen LogP contribution >= 0.6 is 27.3 Å². The Balaban J connectivity index is 1.38. The van der Waals surface area contributed by atoms with Gasteiger partial charge >= 0.3 is 6.09 Å². The number of sulfonamides is 1. The molecule has 0 unspecified atom stereocenters. The van der Waals surface area contributed by atoms with Crippen molar-refractivity contribution in [2.24, 2.45) is 5.10 Å². The van der Waals surface area contributed by atoms with E-state index in [9.17, 15) is 18.0 Å². The number of fused-ring (bicyclic) bond motifs is 1. The number of ether oxygens (including phenoxy) is 1. The molecule has 10 nitrogen and oxygen atoms in total. The molecule has 0 bridgehead atoms. The number of nitrogens with zero attached hydrogens (tertiary/aromatic N) is 5. The molecule has 0 N–H and O–H groups in total. The zero-order chi connectivity index (χ0) is 29.0.